The summed E-state index contributed by atoms with van der Waals surface area (Å²) in [4.78, 5) is 0. The molecule has 0 heterocycles. The number of hydrogen-bond donors (Lipinski definition) is 0. The zero-order valence-electron chi connectivity index (χ0n) is 21.6. The maximum absolute atomic E-state index is 5.65. The molecule has 0 saturated carbocycles. The summed E-state index contributed by atoms with van der Waals surface area (Å²) in [7, 11) is 4.43. The lowest BCUT2D eigenvalue weighted by molar-refractivity contribution is 0.0232. The van der Waals surface area contributed by atoms with Crippen molar-refractivity contribution in [3.8, 4) is 0 Å². The monoisotopic (exact) mass is 514 g/mol. The van der Waals surface area contributed by atoms with Crippen molar-refractivity contribution in [2.45, 2.75) is 19.4 Å². The second-order valence-corrected chi connectivity index (χ2v) is 12.3. The number of methoxy groups -OCH3 is 3. The summed E-state index contributed by atoms with van der Waals surface area (Å²) in [5, 5.41) is 0. The topological polar surface area (TPSA) is 92.3 Å². The summed E-state index contributed by atoms with van der Waals surface area (Å²) >= 11 is 0. The zero-order valence-corrected chi connectivity index (χ0v) is 23.6. The summed E-state index contributed by atoms with van der Waals surface area (Å²) in [6.07, 6.45) is 0.870. The Morgan fingerprint density at radius 2 is 1.12 bits per heavy atom. The van der Waals surface area contributed by atoms with Crippen molar-refractivity contribution in [2.75, 3.05) is 95.5 Å². The Bertz CT molecular complexity index is 430. The Balaban J connectivity index is 0. The van der Waals surface area contributed by atoms with Crippen molar-refractivity contribution in [2.24, 2.45) is 0 Å². The van der Waals surface area contributed by atoms with Gasteiger partial charge >= 0.3 is 17.6 Å². The van der Waals surface area contributed by atoms with Crippen LogP contribution in [0.5, 0.6) is 0 Å². The molecule has 0 unspecified atom stereocenters. The van der Waals surface area contributed by atoms with E-state index in [1.165, 1.54) is 0 Å². The molecular weight excluding hydrogens is 468 g/mol. The van der Waals surface area contributed by atoms with Gasteiger partial charge in [0, 0.05) is 55.3 Å². The van der Waals surface area contributed by atoms with Gasteiger partial charge in [0.15, 0.2) is 0 Å². The molecule has 10 nitrogen and oxygen atoms in total. The molecule has 0 amide bonds. The standard InChI is InChI=1S/C11H24O6Si.C10H22O4Si/c1-5-18(15-9-6-12-2,16-10-7-13-3)17-11-8-14-4;1-10(2)9-14-7-6-8-15(11-3,12-4)13-5/h5H,1,6-11H2,2-4H3;1,6-9H2,2-5H3. The van der Waals surface area contributed by atoms with Crippen LogP contribution in [-0.4, -0.2) is 113 Å². The Labute approximate surface area is 202 Å². The highest BCUT2D eigenvalue weighted by molar-refractivity contribution is 6.66. The van der Waals surface area contributed by atoms with E-state index in [9.17, 15) is 0 Å². The van der Waals surface area contributed by atoms with Crippen LogP contribution in [0.3, 0.4) is 0 Å². The Hall–Kier alpha value is -0.486. The Morgan fingerprint density at radius 3 is 1.42 bits per heavy atom. The van der Waals surface area contributed by atoms with Crippen molar-refractivity contribution < 1.29 is 45.5 Å². The molecule has 0 spiro atoms. The molecule has 0 aliphatic carbocycles. The molecule has 0 aromatic rings. The van der Waals surface area contributed by atoms with Gasteiger partial charge in [-0.3, -0.25) is 0 Å². The summed E-state index contributed by atoms with van der Waals surface area (Å²) in [6.45, 7) is 13.3. The predicted octanol–water partition coefficient (Wildman–Crippen LogP) is 2.49. The first-order valence-corrected chi connectivity index (χ1v) is 14.5. The summed E-state index contributed by atoms with van der Waals surface area (Å²) < 4.78 is 53.0. The molecule has 0 saturated heterocycles. The van der Waals surface area contributed by atoms with Crippen LogP contribution in [0.15, 0.2) is 24.4 Å². The van der Waals surface area contributed by atoms with E-state index in [-0.39, 0.29) is 0 Å². The van der Waals surface area contributed by atoms with Crippen molar-refractivity contribution in [3.05, 3.63) is 24.4 Å². The maximum Gasteiger partial charge on any atom is 0.529 e. The van der Waals surface area contributed by atoms with E-state index in [4.69, 9.17) is 45.5 Å². The third-order valence-corrected chi connectivity index (χ3v) is 9.23. The molecule has 0 aliphatic rings. The van der Waals surface area contributed by atoms with Crippen LogP contribution in [0, 0.1) is 0 Å². The quantitative estimate of drug-likeness (QED) is 0.122. The molecule has 0 bridgehead atoms. The minimum Gasteiger partial charge on any atom is -0.382 e. The van der Waals surface area contributed by atoms with Crippen LogP contribution in [0.25, 0.3) is 0 Å². The molecule has 0 fully saturated rings. The highest BCUT2D eigenvalue weighted by Crippen LogP contribution is 2.15. The minimum atomic E-state index is -2.86. The summed E-state index contributed by atoms with van der Waals surface area (Å²) in [5.74, 6) is 0. The van der Waals surface area contributed by atoms with Crippen LogP contribution in [0.2, 0.25) is 6.04 Å². The second-order valence-electron chi connectivity index (χ2n) is 6.74. The van der Waals surface area contributed by atoms with Gasteiger partial charge in [-0.15, -0.1) is 0 Å². The fourth-order valence-electron chi connectivity index (χ4n) is 2.30. The molecule has 0 aromatic heterocycles. The maximum atomic E-state index is 5.65. The molecule has 0 atom stereocenters. The highest BCUT2D eigenvalue weighted by Gasteiger charge is 2.38. The average Bonchev–Trinajstić information content (AvgIpc) is 2.82. The molecule has 0 aromatic carbocycles. The minimum absolute atomic E-state index is 0.398. The SMILES string of the molecule is C=C(C)COCCC[Si](OC)(OC)OC.C=C[Si](OCCOC)(OCCOC)OCCOC. The highest BCUT2D eigenvalue weighted by atomic mass is 28.4. The predicted molar refractivity (Wildman–Crippen MR) is 131 cm³/mol. The fraction of sp³-hybridized carbons (Fsp3) is 0.810. The molecule has 198 valence electrons. The second kappa shape index (κ2) is 23.3. The smallest absolute Gasteiger partial charge is 0.382 e. The van der Waals surface area contributed by atoms with Gasteiger partial charge in [-0.05, 0) is 19.0 Å². The molecule has 0 radical (unpaired) electrons. The zero-order chi connectivity index (χ0) is 25.4. The number of ether oxygens (including phenoxy) is 4. The lowest BCUT2D eigenvalue weighted by atomic mass is 10.4. The largest absolute Gasteiger partial charge is 0.529 e. The normalized spacial score (nSPS) is 11.7. The molecule has 0 rings (SSSR count). The average molecular weight is 515 g/mol. The van der Waals surface area contributed by atoms with E-state index in [0.29, 0.717) is 52.9 Å². The van der Waals surface area contributed by atoms with E-state index in [2.05, 4.69) is 13.2 Å². The van der Waals surface area contributed by atoms with Gasteiger partial charge in [0.05, 0.1) is 46.2 Å². The van der Waals surface area contributed by atoms with E-state index < -0.39 is 17.6 Å². The molecule has 0 aliphatic heterocycles. The summed E-state index contributed by atoms with van der Waals surface area (Å²) in [5.41, 5.74) is 2.64. The first-order chi connectivity index (χ1) is 15.8. The van der Waals surface area contributed by atoms with Gasteiger partial charge in [-0.2, -0.15) is 0 Å². The Kier molecular flexibility index (Phi) is 24.4. The van der Waals surface area contributed by atoms with Crippen LogP contribution in [-0.2, 0) is 45.5 Å². The van der Waals surface area contributed by atoms with Gasteiger partial charge in [-0.25, -0.2) is 0 Å². The third-order valence-electron chi connectivity index (χ3n) is 4.08. The van der Waals surface area contributed by atoms with Crippen molar-refractivity contribution in [1.82, 2.24) is 0 Å². The molecule has 0 N–H and O–H groups in total. The van der Waals surface area contributed by atoms with Crippen LogP contribution < -0.4 is 0 Å². The third kappa shape index (κ3) is 18.5. The molecule has 33 heavy (non-hydrogen) atoms. The van der Waals surface area contributed by atoms with Crippen LogP contribution in [0.4, 0.5) is 0 Å². The lowest BCUT2D eigenvalue weighted by Crippen LogP contribution is -2.46. The van der Waals surface area contributed by atoms with Crippen molar-refractivity contribution in [1.29, 1.82) is 0 Å². The number of hydrogen-bond acceptors (Lipinski definition) is 10. The lowest BCUT2D eigenvalue weighted by Gasteiger charge is -2.26. The van der Waals surface area contributed by atoms with E-state index in [1.807, 2.05) is 6.92 Å². The van der Waals surface area contributed by atoms with Gasteiger partial charge in [-0.1, -0.05) is 18.7 Å². The molecule has 12 heteroatoms. The van der Waals surface area contributed by atoms with Gasteiger partial charge in [0.1, 0.15) is 0 Å². The van der Waals surface area contributed by atoms with Crippen LogP contribution >= 0.6 is 0 Å². The van der Waals surface area contributed by atoms with Gasteiger partial charge < -0.3 is 45.5 Å². The molecular formula is C21H46O10Si2. The van der Waals surface area contributed by atoms with E-state index >= 15 is 0 Å². The number of rotatable bonds is 22. The van der Waals surface area contributed by atoms with Gasteiger partial charge in [0.25, 0.3) is 0 Å². The summed E-state index contributed by atoms with van der Waals surface area (Å²) in [6, 6.07) is 0.771. The first-order valence-electron chi connectivity index (χ1n) is 10.7. The van der Waals surface area contributed by atoms with Crippen LogP contribution in [0.1, 0.15) is 13.3 Å². The van der Waals surface area contributed by atoms with Crippen molar-refractivity contribution in [3.63, 3.8) is 0 Å². The fourth-order valence-corrected chi connectivity index (χ4v) is 5.69. The van der Waals surface area contributed by atoms with E-state index in [1.54, 1.807) is 48.4 Å². The van der Waals surface area contributed by atoms with Crippen molar-refractivity contribution >= 4 is 17.6 Å². The Morgan fingerprint density at radius 1 is 0.697 bits per heavy atom. The van der Waals surface area contributed by atoms with E-state index in [0.717, 1.165) is 18.0 Å². The van der Waals surface area contributed by atoms with Gasteiger partial charge in [0.2, 0.25) is 0 Å². The first kappa shape index (κ1) is 34.7.